The summed E-state index contributed by atoms with van der Waals surface area (Å²) in [5, 5.41) is 4.73. The second kappa shape index (κ2) is 13.5. The smallest absolute Gasteiger partial charge is 0.137 e. The number of hydrogen-bond donors (Lipinski definition) is 0. The quantitative estimate of drug-likeness (QED) is 0.172. The van der Waals surface area contributed by atoms with Crippen molar-refractivity contribution in [2.24, 2.45) is 0 Å². The van der Waals surface area contributed by atoms with Crippen molar-refractivity contribution in [2.75, 3.05) is 4.90 Å². The molecule has 2 aliphatic carbocycles. The van der Waals surface area contributed by atoms with Crippen molar-refractivity contribution in [1.29, 1.82) is 0 Å². The van der Waals surface area contributed by atoms with Gasteiger partial charge in [0.25, 0.3) is 0 Å². The number of para-hydroxylation sites is 1. The van der Waals surface area contributed by atoms with E-state index in [1.54, 1.807) is 0 Å². The van der Waals surface area contributed by atoms with Gasteiger partial charge in [0, 0.05) is 42.4 Å². The number of hydrogen-bond acceptors (Lipinski definition) is 3. The lowest BCUT2D eigenvalue weighted by molar-refractivity contribution is 0.669. The Kier molecular flexibility index (Phi) is 7.51. The number of anilines is 3. The molecule has 0 fully saturated rings. The average Bonchev–Trinajstić information content (AvgIpc) is 4.10. The van der Waals surface area contributed by atoms with Gasteiger partial charge in [-0.2, -0.15) is 0 Å². The maximum atomic E-state index is 6.61. The molecule has 0 saturated heterocycles. The Bertz CT molecular complexity index is 3810. The zero-order chi connectivity index (χ0) is 41.9. The monoisotopic (exact) mass is 831 g/mol. The van der Waals surface area contributed by atoms with E-state index in [2.05, 4.69) is 229 Å². The van der Waals surface area contributed by atoms with E-state index in [1.165, 1.54) is 86.9 Å². The van der Waals surface area contributed by atoms with Gasteiger partial charge in [0.05, 0.1) is 22.2 Å². The molecule has 64 heavy (non-hydrogen) atoms. The molecule has 0 aliphatic heterocycles. The predicted octanol–water partition coefficient (Wildman–Crippen LogP) is 17.1. The molecule has 2 aliphatic rings. The highest BCUT2D eigenvalue weighted by molar-refractivity contribution is 7.26. The van der Waals surface area contributed by atoms with Gasteiger partial charge in [-0.3, -0.25) is 0 Å². The summed E-state index contributed by atoms with van der Waals surface area (Å²) in [6.07, 6.45) is 0. The fourth-order valence-electron chi connectivity index (χ4n) is 11.3. The van der Waals surface area contributed by atoms with Crippen LogP contribution in [-0.4, -0.2) is 0 Å². The predicted molar refractivity (Wildman–Crippen MR) is 268 cm³/mol. The molecule has 0 atom stereocenters. The first-order valence-electron chi connectivity index (χ1n) is 22.0. The topological polar surface area (TPSA) is 16.4 Å². The Labute approximate surface area is 374 Å². The molecule has 2 nitrogen and oxygen atoms in total. The third kappa shape index (κ3) is 4.85. The van der Waals surface area contributed by atoms with Crippen LogP contribution < -0.4 is 4.90 Å². The molecular weight excluding hydrogens is 795 g/mol. The number of rotatable bonds is 5. The van der Waals surface area contributed by atoms with Crippen LogP contribution in [0.2, 0.25) is 0 Å². The van der Waals surface area contributed by atoms with Gasteiger partial charge in [-0.15, -0.1) is 11.3 Å². The number of furan rings is 1. The van der Waals surface area contributed by atoms with Gasteiger partial charge in [0.2, 0.25) is 0 Å². The molecule has 0 bridgehead atoms. The van der Waals surface area contributed by atoms with E-state index < -0.39 is 5.41 Å². The molecule has 298 valence electrons. The number of nitrogens with zero attached hydrogens (tertiary/aromatic N) is 1. The Morgan fingerprint density at radius 3 is 1.73 bits per heavy atom. The normalized spacial score (nSPS) is 13.1. The van der Waals surface area contributed by atoms with Crippen LogP contribution >= 0.6 is 11.3 Å². The lowest BCUT2D eigenvalue weighted by Gasteiger charge is -2.32. The van der Waals surface area contributed by atoms with Gasteiger partial charge >= 0.3 is 0 Å². The summed E-state index contributed by atoms with van der Waals surface area (Å²) < 4.78 is 9.14. The Hall–Kier alpha value is -7.98. The summed E-state index contributed by atoms with van der Waals surface area (Å²) in [5.41, 5.74) is 20.0. The van der Waals surface area contributed by atoms with Crippen LogP contribution in [0.5, 0.6) is 0 Å². The van der Waals surface area contributed by atoms with Gasteiger partial charge in [-0.05, 0) is 104 Å². The molecule has 0 saturated carbocycles. The number of benzene rings is 10. The summed E-state index contributed by atoms with van der Waals surface area (Å²) in [5.74, 6) is 0. The molecule has 0 N–H and O–H groups in total. The Balaban J connectivity index is 1.07. The van der Waals surface area contributed by atoms with Crippen molar-refractivity contribution < 1.29 is 4.42 Å². The van der Waals surface area contributed by atoms with Crippen LogP contribution in [0.1, 0.15) is 22.3 Å². The van der Waals surface area contributed by atoms with Crippen LogP contribution in [0.25, 0.3) is 86.6 Å². The first-order chi connectivity index (χ1) is 31.8. The summed E-state index contributed by atoms with van der Waals surface area (Å²) in [4.78, 5) is 2.52. The molecule has 2 heterocycles. The first kappa shape index (κ1) is 35.6. The molecule has 14 rings (SSSR count). The molecule has 2 aromatic heterocycles. The Morgan fingerprint density at radius 2 is 0.969 bits per heavy atom. The fraction of sp³-hybridized carbons (Fsp3) is 0.0164. The van der Waals surface area contributed by atoms with Crippen molar-refractivity contribution in [3.8, 4) is 44.5 Å². The summed E-state index contributed by atoms with van der Waals surface area (Å²) >= 11 is 1.89. The number of fused-ring (bicyclic) bond motifs is 16. The van der Waals surface area contributed by atoms with Crippen molar-refractivity contribution in [3.63, 3.8) is 0 Å². The van der Waals surface area contributed by atoms with Gasteiger partial charge in [0.15, 0.2) is 0 Å². The highest BCUT2D eigenvalue weighted by atomic mass is 32.1. The Morgan fingerprint density at radius 1 is 0.375 bits per heavy atom. The van der Waals surface area contributed by atoms with Crippen molar-refractivity contribution in [1.82, 2.24) is 0 Å². The van der Waals surface area contributed by atoms with Crippen molar-refractivity contribution in [2.45, 2.75) is 5.41 Å². The van der Waals surface area contributed by atoms with Crippen LogP contribution in [0, 0.1) is 0 Å². The van der Waals surface area contributed by atoms with E-state index in [0.717, 1.165) is 39.0 Å². The molecule has 0 amide bonds. The van der Waals surface area contributed by atoms with Crippen LogP contribution in [0.3, 0.4) is 0 Å². The van der Waals surface area contributed by atoms with Crippen molar-refractivity contribution >= 4 is 70.5 Å². The summed E-state index contributed by atoms with van der Waals surface area (Å²) in [6, 6.07) is 82.7. The minimum Gasteiger partial charge on any atom is -0.456 e. The maximum Gasteiger partial charge on any atom is 0.137 e. The lowest BCUT2D eigenvalue weighted by Crippen LogP contribution is -2.26. The van der Waals surface area contributed by atoms with Gasteiger partial charge in [-0.25, -0.2) is 0 Å². The average molecular weight is 832 g/mol. The first-order valence-corrected chi connectivity index (χ1v) is 22.8. The van der Waals surface area contributed by atoms with E-state index >= 15 is 0 Å². The molecule has 1 spiro atoms. The molecule has 0 unspecified atom stereocenters. The number of thiophene rings is 1. The van der Waals surface area contributed by atoms with E-state index in [9.17, 15) is 0 Å². The SMILES string of the molecule is c1ccc(-c2cc(-c3ccccc3)c3sc4cc(N(c5cccc6c5-c5ccccc5C65c6ccccc6-c6ccccc65)c5cccc6oc7ccccc7c56)ccc4c3c2)cc1. The third-order valence-corrected chi connectivity index (χ3v) is 15.1. The van der Waals surface area contributed by atoms with Crippen LogP contribution in [0.4, 0.5) is 17.1 Å². The largest absolute Gasteiger partial charge is 0.456 e. The zero-order valence-corrected chi connectivity index (χ0v) is 35.4. The molecule has 10 aromatic carbocycles. The molecule has 0 radical (unpaired) electrons. The van der Waals surface area contributed by atoms with E-state index in [0.29, 0.717) is 0 Å². The van der Waals surface area contributed by atoms with Gasteiger partial charge in [0.1, 0.15) is 11.2 Å². The second-order valence-electron chi connectivity index (χ2n) is 17.1. The highest BCUT2D eigenvalue weighted by Crippen LogP contribution is 2.65. The van der Waals surface area contributed by atoms with Crippen LogP contribution in [0.15, 0.2) is 229 Å². The van der Waals surface area contributed by atoms with Crippen LogP contribution in [-0.2, 0) is 5.41 Å². The highest BCUT2D eigenvalue weighted by Gasteiger charge is 2.52. The minimum absolute atomic E-state index is 0.463. The van der Waals surface area contributed by atoms with E-state index in [4.69, 9.17) is 4.42 Å². The summed E-state index contributed by atoms with van der Waals surface area (Å²) in [7, 11) is 0. The zero-order valence-electron chi connectivity index (χ0n) is 34.6. The van der Waals surface area contributed by atoms with Crippen molar-refractivity contribution in [3.05, 3.63) is 247 Å². The van der Waals surface area contributed by atoms with Gasteiger partial charge in [-0.1, -0.05) is 176 Å². The minimum atomic E-state index is -0.463. The molecular formula is C61H37NOS. The standard InChI is InChI=1S/C61H37NOS/c1-3-17-38(18-4-1)40-35-47(39-19-5-2-6-20-39)60-48(36-40)44-34-33-41(37-57(44)64-60)62(54-30-16-32-56-59(54)46-24-10-14-31-55(46)63-56)53-29-15-28-52-58(53)45-23-9-13-27-51(45)61(52)49-25-11-7-21-42(49)43-22-8-12-26-50(43)61/h1-37H. The maximum absolute atomic E-state index is 6.61. The van der Waals surface area contributed by atoms with E-state index in [1.807, 2.05) is 11.3 Å². The molecule has 3 heteroatoms. The molecule has 12 aromatic rings. The lowest BCUT2D eigenvalue weighted by atomic mass is 9.70. The second-order valence-corrected chi connectivity index (χ2v) is 18.1. The fourth-order valence-corrected chi connectivity index (χ4v) is 12.5. The summed E-state index contributed by atoms with van der Waals surface area (Å²) in [6.45, 7) is 0. The van der Waals surface area contributed by atoms with E-state index in [-0.39, 0.29) is 0 Å². The third-order valence-electron chi connectivity index (χ3n) is 13.9. The van der Waals surface area contributed by atoms with Gasteiger partial charge < -0.3 is 9.32 Å².